The first-order valence-electron chi connectivity index (χ1n) is 13.8. The molecule has 39 heavy (non-hydrogen) atoms. The molecule has 0 N–H and O–H groups in total. The van der Waals surface area contributed by atoms with Gasteiger partial charge in [0.1, 0.15) is 11.3 Å². The second kappa shape index (κ2) is 9.10. The number of rotatable bonds is 4. The second-order valence-electron chi connectivity index (χ2n) is 11.2. The highest BCUT2D eigenvalue weighted by Gasteiger charge is 2.19. The van der Waals surface area contributed by atoms with Gasteiger partial charge in [0.2, 0.25) is 0 Å². The third-order valence-corrected chi connectivity index (χ3v) is 8.06. The van der Waals surface area contributed by atoms with Gasteiger partial charge in [0.25, 0.3) is 0 Å². The van der Waals surface area contributed by atoms with Crippen molar-refractivity contribution in [2.24, 2.45) is 5.92 Å². The Labute approximate surface area is 228 Å². The number of nitrogens with zero attached hydrogens (tertiary/aromatic N) is 1. The van der Waals surface area contributed by atoms with E-state index in [9.17, 15) is 0 Å². The fraction of sp³-hybridized carbons (Fsp3) is 0.162. The maximum absolute atomic E-state index is 6.71. The molecule has 0 aliphatic heterocycles. The third-order valence-electron chi connectivity index (χ3n) is 8.06. The van der Waals surface area contributed by atoms with Gasteiger partial charge >= 0.3 is 0 Å². The number of aromatic nitrogens is 1. The van der Waals surface area contributed by atoms with Crippen LogP contribution in [0.4, 0.5) is 0 Å². The van der Waals surface area contributed by atoms with Crippen LogP contribution in [0.3, 0.4) is 0 Å². The maximum Gasteiger partial charge on any atom is 0.161 e. The zero-order valence-corrected chi connectivity index (χ0v) is 22.9. The van der Waals surface area contributed by atoms with E-state index in [2.05, 4.69) is 119 Å². The van der Waals surface area contributed by atoms with E-state index in [1.807, 2.05) is 6.20 Å². The predicted octanol–water partition coefficient (Wildman–Crippen LogP) is 10.4. The lowest BCUT2D eigenvalue weighted by Gasteiger charge is -2.14. The van der Waals surface area contributed by atoms with E-state index in [-0.39, 0.29) is 0 Å². The molecule has 2 heteroatoms. The first kappa shape index (κ1) is 23.7. The summed E-state index contributed by atoms with van der Waals surface area (Å²) in [5, 5.41) is 7.43. The number of pyridine rings is 1. The van der Waals surface area contributed by atoms with E-state index in [1.54, 1.807) is 0 Å². The van der Waals surface area contributed by atoms with Gasteiger partial charge in [-0.05, 0) is 94.3 Å². The Morgan fingerprint density at radius 2 is 1.46 bits per heavy atom. The minimum atomic E-state index is 0.542. The number of hydrogen-bond donors (Lipinski definition) is 0. The first-order valence-corrected chi connectivity index (χ1v) is 13.8. The molecule has 0 unspecified atom stereocenters. The Morgan fingerprint density at radius 3 is 2.31 bits per heavy atom. The van der Waals surface area contributed by atoms with Gasteiger partial charge in [-0.25, -0.2) is 0 Å². The van der Waals surface area contributed by atoms with Gasteiger partial charge in [0.05, 0.1) is 0 Å². The molecule has 0 atom stereocenters. The summed E-state index contributed by atoms with van der Waals surface area (Å²) in [5.74, 6) is 0.542. The van der Waals surface area contributed by atoms with Crippen LogP contribution in [0.5, 0.6) is 0 Å². The summed E-state index contributed by atoms with van der Waals surface area (Å²) >= 11 is 0. The van der Waals surface area contributed by atoms with Crippen LogP contribution in [-0.4, -0.2) is 4.98 Å². The van der Waals surface area contributed by atoms with E-state index < -0.39 is 0 Å². The molecule has 0 fully saturated rings. The molecule has 5 aromatic carbocycles. The van der Waals surface area contributed by atoms with Crippen LogP contribution >= 0.6 is 0 Å². The van der Waals surface area contributed by atoms with Crippen molar-refractivity contribution in [2.45, 2.75) is 34.1 Å². The van der Waals surface area contributed by atoms with Gasteiger partial charge in [-0.15, -0.1) is 0 Å². The summed E-state index contributed by atoms with van der Waals surface area (Å²) in [4.78, 5) is 4.89. The minimum Gasteiger partial charge on any atom is -0.453 e. The first-order chi connectivity index (χ1) is 19.0. The predicted molar refractivity (Wildman–Crippen MR) is 165 cm³/mol. The van der Waals surface area contributed by atoms with Gasteiger partial charge in [0, 0.05) is 28.1 Å². The number of hydrogen-bond acceptors (Lipinski definition) is 2. The van der Waals surface area contributed by atoms with Gasteiger partial charge in [-0.1, -0.05) is 80.6 Å². The maximum atomic E-state index is 6.71. The van der Waals surface area contributed by atoms with Crippen molar-refractivity contribution in [1.82, 2.24) is 4.98 Å². The number of fused-ring (bicyclic) bond motifs is 6. The Balaban J connectivity index is 1.48. The summed E-state index contributed by atoms with van der Waals surface area (Å²) in [5.41, 5.74) is 10.1. The molecular formula is C37H31NO. The molecule has 0 saturated carbocycles. The Hall–Kier alpha value is -4.43. The summed E-state index contributed by atoms with van der Waals surface area (Å²) in [7, 11) is 0. The number of furan rings is 1. The lowest BCUT2D eigenvalue weighted by Crippen LogP contribution is -1.97. The molecule has 0 spiro atoms. The number of aryl methyl sites for hydroxylation is 2. The van der Waals surface area contributed by atoms with Gasteiger partial charge in [-0.3, -0.25) is 4.98 Å². The van der Waals surface area contributed by atoms with Crippen molar-refractivity contribution in [3.05, 3.63) is 114 Å². The van der Waals surface area contributed by atoms with Crippen LogP contribution in [0, 0.1) is 19.8 Å². The van der Waals surface area contributed by atoms with Gasteiger partial charge in [-0.2, -0.15) is 0 Å². The third kappa shape index (κ3) is 3.82. The van der Waals surface area contributed by atoms with Crippen LogP contribution in [-0.2, 0) is 6.42 Å². The van der Waals surface area contributed by atoms with Crippen LogP contribution in [0.1, 0.15) is 30.5 Å². The summed E-state index contributed by atoms with van der Waals surface area (Å²) < 4.78 is 6.71. The molecule has 0 radical (unpaired) electrons. The number of benzene rings is 5. The normalized spacial score (nSPS) is 11.9. The van der Waals surface area contributed by atoms with Crippen molar-refractivity contribution >= 4 is 43.5 Å². The molecule has 190 valence electrons. The van der Waals surface area contributed by atoms with Crippen molar-refractivity contribution in [1.29, 1.82) is 0 Å². The van der Waals surface area contributed by atoms with Crippen molar-refractivity contribution < 1.29 is 4.42 Å². The van der Waals surface area contributed by atoms with Crippen LogP contribution in [0.25, 0.3) is 65.9 Å². The molecule has 0 bridgehead atoms. The average Bonchev–Trinajstić information content (AvgIpc) is 3.33. The van der Waals surface area contributed by atoms with Crippen molar-refractivity contribution in [2.75, 3.05) is 0 Å². The van der Waals surface area contributed by atoms with E-state index in [0.29, 0.717) is 5.92 Å². The Bertz CT molecular complexity index is 2040. The standard InChI is InChI=1S/C37H31NO/c1-22(2)19-27-21-28(20-26-14-13-25-10-6-8-12-31(25)34(26)27)35-37-33(17-18-38-35)32-16-15-30(24(4)36(32)39-37)29-11-7-5-9-23(29)3/h5-18,20-22H,19H2,1-4H3. The molecule has 7 rings (SSSR count). The molecule has 0 saturated heterocycles. The molecule has 0 amide bonds. The van der Waals surface area contributed by atoms with Crippen LogP contribution in [0.15, 0.2) is 102 Å². The highest BCUT2D eigenvalue weighted by molar-refractivity contribution is 6.13. The van der Waals surface area contributed by atoms with E-state index in [1.165, 1.54) is 43.8 Å². The fourth-order valence-corrected chi connectivity index (χ4v) is 6.25. The van der Waals surface area contributed by atoms with E-state index in [0.717, 1.165) is 45.2 Å². The molecule has 2 nitrogen and oxygen atoms in total. The molecule has 0 aliphatic rings. The quantitative estimate of drug-likeness (QED) is 0.222. The Kier molecular flexibility index (Phi) is 5.52. The van der Waals surface area contributed by atoms with Crippen LogP contribution < -0.4 is 0 Å². The smallest absolute Gasteiger partial charge is 0.161 e. The molecule has 0 aliphatic carbocycles. The average molecular weight is 506 g/mol. The summed E-state index contributed by atoms with van der Waals surface area (Å²) in [6.07, 6.45) is 2.93. The fourth-order valence-electron chi connectivity index (χ4n) is 6.25. The van der Waals surface area contributed by atoms with E-state index >= 15 is 0 Å². The van der Waals surface area contributed by atoms with E-state index in [4.69, 9.17) is 9.40 Å². The molecule has 2 heterocycles. The Morgan fingerprint density at radius 1 is 0.692 bits per heavy atom. The lowest BCUT2D eigenvalue weighted by atomic mass is 9.90. The molecule has 7 aromatic rings. The largest absolute Gasteiger partial charge is 0.453 e. The van der Waals surface area contributed by atoms with Crippen molar-refractivity contribution in [3.63, 3.8) is 0 Å². The molecule has 2 aromatic heterocycles. The highest BCUT2D eigenvalue weighted by Crippen LogP contribution is 2.41. The van der Waals surface area contributed by atoms with Gasteiger partial charge in [0.15, 0.2) is 5.58 Å². The molecular weight excluding hydrogens is 474 g/mol. The summed E-state index contributed by atoms with van der Waals surface area (Å²) in [6, 6.07) is 32.9. The lowest BCUT2D eigenvalue weighted by molar-refractivity contribution is 0.650. The zero-order valence-electron chi connectivity index (χ0n) is 22.9. The minimum absolute atomic E-state index is 0.542. The SMILES string of the molecule is Cc1ccccc1-c1ccc2c(oc3c(-c4cc(CC(C)C)c5c(ccc6ccccc65)c4)nccc32)c1C. The second-order valence-corrected chi connectivity index (χ2v) is 11.2. The zero-order chi connectivity index (χ0) is 26.7. The summed E-state index contributed by atoms with van der Waals surface area (Å²) in [6.45, 7) is 8.91. The topological polar surface area (TPSA) is 26.0 Å². The van der Waals surface area contributed by atoms with Crippen molar-refractivity contribution in [3.8, 4) is 22.4 Å². The highest BCUT2D eigenvalue weighted by atomic mass is 16.3. The monoisotopic (exact) mass is 505 g/mol. The van der Waals surface area contributed by atoms with Crippen LogP contribution in [0.2, 0.25) is 0 Å². The van der Waals surface area contributed by atoms with Gasteiger partial charge < -0.3 is 4.42 Å².